The van der Waals surface area contributed by atoms with Crippen LogP contribution in [0.1, 0.15) is 11.3 Å². The fourth-order valence-corrected chi connectivity index (χ4v) is 2.92. The van der Waals surface area contributed by atoms with E-state index in [1.54, 1.807) is 12.3 Å². The van der Waals surface area contributed by atoms with Gasteiger partial charge in [0.15, 0.2) is 11.6 Å². The highest BCUT2D eigenvalue weighted by molar-refractivity contribution is 7.98. The third-order valence-electron chi connectivity index (χ3n) is 3.22. The van der Waals surface area contributed by atoms with Gasteiger partial charge in [0.2, 0.25) is 0 Å². The largest absolute Gasteiger partial charge is 0.269 e. The summed E-state index contributed by atoms with van der Waals surface area (Å²) in [5, 5.41) is 0. The van der Waals surface area contributed by atoms with E-state index < -0.39 is 11.6 Å². The molecule has 0 saturated carbocycles. The van der Waals surface area contributed by atoms with Crippen molar-refractivity contribution < 1.29 is 8.78 Å². The molecule has 1 aromatic carbocycles. The van der Waals surface area contributed by atoms with Gasteiger partial charge in [-0.1, -0.05) is 6.07 Å². The highest BCUT2D eigenvalue weighted by Gasteiger charge is 2.07. The van der Waals surface area contributed by atoms with Crippen LogP contribution in [0, 0.1) is 18.6 Å². The van der Waals surface area contributed by atoms with Crippen LogP contribution in [-0.2, 0) is 5.75 Å². The second kappa shape index (κ2) is 5.88. The van der Waals surface area contributed by atoms with Gasteiger partial charge in [0.1, 0.15) is 5.65 Å². The summed E-state index contributed by atoms with van der Waals surface area (Å²) in [4.78, 5) is 17.1. The topological polar surface area (TPSA) is 34.4 Å². The number of thioether (sulfide) groups is 1. The number of pyridine rings is 1. The van der Waals surface area contributed by atoms with Crippen molar-refractivity contribution in [2.24, 2.45) is 0 Å². The molecule has 0 atom stereocenters. The molecule has 3 rings (SSSR count). The highest BCUT2D eigenvalue weighted by atomic mass is 32.2. The minimum absolute atomic E-state index is 0.158. The third-order valence-corrected chi connectivity index (χ3v) is 4.24. The molecule has 0 spiro atoms. The van der Waals surface area contributed by atoms with Crippen molar-refractivity contribution in [1.82, 2.24) is 9.38 Å². The minimum atomic E-state index is -0.882. The lowest BCUT2D eigenvalue weighted by atomic mass is 10.3. The quantitative estimate of drug-likeness (QED) is 0.692. The average Bonchev–Trinajstić information content (AvgIpc) is 2.50. The number of rotatable bonds is 3. The number of hydrogen-bond acceptors (Lipinski definition) is 3. The zero-order valence-corrected chi connectivity index (χ0v) is 12.5. The monoisotopic (exact) mass is 318 g/mol. The van der Waals surface area contributed by atoms with Crippen LogP contribution in [0.5, 0.6) is 0 Å². The molecule has 3 aromatic rings. The van der Waals surface area contributed by atoms with Crippen LogP contribution in [0.4, 0.5) is 8.78 Å². The van der Waals surface area contributed by atoms with Crippen molar-refractivity contribution in [2.45, 2.75) is 17.6 Å². The molecule has 2 heterocycles. The standard InChI is InChI=1S/C16H12F2N2OS/c1-10-3-2-6-20-15(21)7-11(19-16(10)20)9-22-12-4-5-13(17)14(18)8-12/h2-8H,9H2,1H3. The van der Waals surface area contributed by atoms with Gasteiger partial charge in [-0.05, 0) is 36.8 Å². The third kappa shape index (κ3) is 2.87. The summed E-state index contributed by atoms with van der Waals surface area (Å²) in [5.74, 6) is -1.35. The first-order chi connectivity index (χ1) is 10.5. The Hall–Kier alpha value is -2.21. The van der Waals surface area contributed by atoms with Gasteiger partial charge in [0.05, 0.1) is 5.69 Å². The van der Waals surface area contributed by atoms with Crippen LogP contribution in [0.15, 0.2) is 52.3 Å². The molecule has 0 aliphatic rings. The molecule has 0 aliphatic heterocycles. The Kier molecular flexibility index (Phi) is 3.94. The summed E-state index contributed by atoms with van der Waals surface area (Å²) in [6.45, 7) is 1.88. The number of hydrogen-bond donors (Lipinski definition) is 0. The van der Waals surface area contributed by atoms with E-state index >= 15 is 0 Å². The summed E-state index contributed by atoms with van der Waals surface area (Å²) in [6.07, 6.45) is 1.67. The molecule has 0 N–H and O–H groups in total. The average molecular weight is 318 g/mol. The molecule has 0 unspecified atom stereocenters. The summed E-state index contributed by atoms with van der Waals surface area (Å²) < 4.78 is 27.6. The van der Waals surface area contributed by atoms with Gasteiger partial charge >= 0.3 is 0 Å². The SMILES string of the molecule is Cc1cccn2c(=O)cc(CSc3ccc(F)c(F)c3)nc12. The normalized spacial score (nSPS) is 11.0. The van der Waals surface area contributed by atoms with Gasteiger partial charge in [-0.2, -0.15) is 0 Å². The van der Waals surface area contributed by atoms with Crippen molar-refractivity contribution in [3.63, 3.8) is 0 Å². The van der Waals surface area contributed by atoms with Crippen molar-refractivity contribution in [1.29, 1.82) is 0 Å². The predicted molar refractivity (Wildman–Crippen MR) is 82.1 cm³/mol. The maximum absolute atomic E-state index is 13.2. The Bertz CT molecular complexity index is 908. The van der Waals surface area contributed by atoms with Crippen molar-refractivity contribution >= 4 is 17.4 Å². The number of halogens is 2. The van der Waals surface area contributed by atoms with Crippen LogP contribution < -0.4 is 5.56 Å². The molecule has 22 heavy (non-hydrogen) atoms. The van der Waals surface area contributed by atoms with Gasteiger partial charge in [-0.25, -0.2) is 13.8 Å². The van der Waals surface area contributed by atoms with E-state index in [9.17, 15) is 13.6 Å². The van der Waals surface area contributed by atoms with Gasteiger partial charge in [-0.3, -0.25) is 9.20 Å². The molecule has 112 valence electrons. The second-order valence-electron chi connectivity index (χ2n) is 4.84. The first-order valence-electron chi connectivity index (χ1n) is 6.60. The van der Waals surface area contributed by atoms with Crippen LogP contribution >= 0.6 is 11.8 Å². The summed E-state index contributed by atoms with van der Waals surface area (Å²) in [7, 11) is 0. The maximum Gasteiger partial charge on any atom is 0.258 e. The Balaban J connectivity index is 1.89. The van der Waals surface area contributed by atoms with E-state index in [1.807, 2.05) is 13.0 Å². The van der Waals surface area contributed by atoms with E-state index in [2.05, 4.69) is 4.98 Å². The van der Waals surface area contributed by atoms with E-state index in [0.717, 1.165) is 17.7 Å². The Labute approximate surface area is 129 Å². The van der Waals surface area contributed by atoms with E-state index in [-0.39, 0.29) is 5.56 Å². The number of nitrogens with zero attached hydrogens (tertiary/aromatic N) is 2. The van der Waals surface area contributed by atoms with Crippen LogP contribution in [0.25, 0.3) is 5.65 Å². The molecular formula is C16H12F2N2OS. The van der Waals surface area contributed by atoms with Crippen molar-refractivity contribution in [3.8, 4) is 0 Å². The number of aromatic nitrogens is 2. The zero-order chi connectivity index (χ0) is 15.7. The lowest BCUT2D eigenvalue weighted by Crippen LogP contribution is -2.15. The molecular weight excluding hydrogens is 306 g/mol. The summed E-state index contributed by atoms with van der Waals surface area (Å²) in [5.41, 5.74) is 1.96. The number of aryl methyl sites for hydroxylation is 1. The van der Waals surface area contributed by atoms with Gasteiger partial charge < -0.3 is 0 Å². The van der Waals surface area contributed by atoms with Crippen LogP contribution in [-0.4, -0.2) is 9.38 Å². The van der Waals surface area contributed by atoms with E-state index in [1.165, 1.54) is 28.3 Å². The molecule has 3 nitrogen and oxygen atoms in total. The molecule has 0 saturated heterocycles. The van der Waals surface area contributed by atoms with E-state index in [0.29, 0.717) is 22.0 Å². The zero-order valence-electron chi connectivity index (χ0n) is 11.7. The molecule has 0 fully saturated rings. The highest BCUT2D eigenvalue weighted by Crippen LogP contribution is 2.23. The van der Waals surface area contributed by atoms with Crippen LogP contribution in [0.2, 0.25) is 0 Å². The number of benzene rings is 1. The van der Waals surface area contributed by atoms with Crippen molar-refractivity contribution in [3.05, 3.63) is 75.8 Å². The minimum Gasteiger partial charge on any atom is -0.269 e. The van der Waals surface area contributed by atoms with Gasteiger partial charge in [0, 0.05) is 22.9 Å². The smallest absolute Gasteiger partial charge is 0.258 e. The summed E-state index contributed by atoms with van der Waals surface area (Å²) in [6, 6.07) is 8.86. The predicted octanol–water partition coefficient (Wildman–Crippen LogP) is 3.57. The lowest BCUT2D eigenvalue weighted by Gasteiger charge is -2.06. The molecule has 6 heteroatoms. The Morgan fingerprint density at radius 2 is 2.00 bits per heavy atom. The van der Waals surface area contributed by atoms with Crippen molar-refractivity contribution in [2.75, 3.05) is 0 Å². The Morgan fingerprint density at radius 1 is 1.18 bits per heavy atom. The molecule has 0 aliphatic carbocycles. The first-order valence-corrected chi connectivity index (χ1v) is 7.59. The van der Waals surface area contributed by atoms with E-state index in [4.69, 9.17) is 0 Å². The summed E-state index contributed by atoms with van der Waals surface area (Å²) >= 11 is 1.30. The fourth-order valence-electron chi connectivity index (χ4n) is 2.11. The second-order valence-corrected chi connectivity index (χ2v) is 5.88. The molecule has 0 bridgehead atoms. The fraction of sp³-hybridized carbons (Fsp3) is 0.125. The lowest BCUT2D eigenvalue weighted by molar-refractivity contribution is 0.506. The maximum atomic E-state index is 13.2. The molecule has 0 amide bonds. The van der Waals surface area contributed by atoms with Gasteiger partial charge in [0.25, 0.3) is 5.56 Å². The molecule has 2 aromatic heterocycles. The van der Waals surface area contributed by atoms with Gasteiger partial charge in [-0.15, -0.1) is 11.8 Å². The molecule has 0 radical (unpaired) electrons. The van der Waals surface area contributed by atoms with Crippen LogP contribution in [0.3, 0.4) is 0 Å². The first kappa shape index (κ1) is 14.7. The Morgan fingerprint density at radius 3 is 2.77 bits per heavy atom. The number of fused-ring (bicyclic) bond motifs is 1.